The summed E-state index contributed by atoms with van der Waals surface area (Å²) in [5.74, 6) is 0. The van der Waals surface area contributed by atoms with E-state index in [1.54, 1.807) is 5.38 Å². The van der Waals surface area contributed by atoms with Gasteiger partial charge in [-0.05, 0) is 6.54 Å². The summed E-state index contributed by atoms with van der Waals surface area (Å²) >= 11 is 3.55. The monoisotopic (exact) mass is 288 g/mol. The lowest BCUT2D eigenvalue weighted by Crippen LogP contribution is -2.15. The largest absolute Gasteiger partial charge is 0.407 e. The van der Waals surface area contributed by atoms with Crippen molar-refractivity contribution in [3.05, 3.63) is 16.1 Å². The van der Waals surface area contributed by atoms with Gasteiger partial charge in [0.2, 0.25) is 0 Å². The van der Waals surface area contributed by atoms with Gasteiger partial charge in [0.05, 0.1) is 5.69 Å². The van der Waals surface area contributed by atoms with Gasteiger partial charge < -0.3 is 5.73 Å². The predicted octanol–water partition coefficient (Wildman–Crippen LogP) is 2.64. The molecule has 1 rings (SSSR count). The summed E-state index contributed by atoms with van der Waals surface area (Å²) in [5, 5.41) is 1.63. The van der Waals surface area contributed by atoms with Crippen LogP contribution in [0.4, 0.5) is 13.2 Å². The lowest BCUT2D eigenvalue weighted by molar-refractivity contribution is -0.128. The van der Waals surface area contributed by atoms with Crippen LogP contribution in [-0.2, 0) is 6.42 Å². The molecule has 1 unspecified atom stereocenters. The Balaban J connectivity index is 2.76. The second-order valence-corrected chi connectivity index (χ2v) is 4.43. The zero-order valence-corrected chi connectivity index (χ0v) is 9.42. The van der Waals surface area contributed by atoms with E-state index >= 15 is 0 Å². The number of aromatic nitrogens is 1. The fraction of sp³-hybridized carbons (Fsp3) is 0.571. The molecule has 7 heteroatoms. The Kier molecular flexibility index (Phi) is 3.91. The van der Waals surface area contributed by atoms with Gasteiger partial charge in [0.1, 0.15) is 5.01 Å². The summed E-state index contributed by atoms with van der Waals surface area (Å²) in [6, 6.07) is 0. The Bertz CT molecular complexity index is 299. The van der Waals surface area contributed by atoms with E-state index in [1.165, 1.54) is 0 Å². The first-order valence-electron chi connectivity index (χ1n) is 3.80. The number of nitrogens with two attached hydrogens (primary N) is 1. The first-order chi connectivity index (χ1) is 6.45. The van der Waals surface area contributed by atoms with Gasteiger partial charge in [0.25, 0.3) is 0 Å². The minimum absolute atomic E-state index is 0.0287. The summed E-state index contributed by atoms with van der Waals surface area (Å²) in [6.07, 6.45) is -3.79. The van der Waals surface area contributed by atoms with Gasteiger partial charge in [-0.25, -0.2) is 4.98 Å². The maximum absolute atomic E-state index is 12.2. The zero-order valence-electron chi connectivity index (χ0n) is 7.01. The van der Waals surface area contributed by atoms with E-state index in [-0.39, 0.29) is 5.01 Å². The molecule has 0 bridgehead atoms. The van der Waals surface area contributed by atoms with E-state index in [9.17, 15) is 13.2 Å². The van der Waals surface area contributed by atoms with Gasteiger partial charge in [-0.2, -0.15) is 13.2 Å². The van der Waals surface area contributed by atoms with E-state index in [0.29, 0.717) is 18.7 Å². The van der Waals surface area contributed by atoms with E-state index in [0.717, 1.165) is 11.3 Å². The highest BCUT2D eigenvalue weighted by Crippen LogP contribution is 2.40. The fourth-order valence-electron chi connectivity index (χ4n) is 0.842. The SMILES string of the molecule is NCCc1csc(C(Br)C(F)(F)F)n1. The molecule has 1 aromatic heterocycles. The summed E-state index contributed by atoms with van der Waals surface area (Å²) in [6.45, 7) is 0.391. The molecule has 1 atom stereocenters. The molecular weight excluding hydrogens is 281 g/mol. The first kappa shape index (κ1) is 11.9. The van der Waals surface area contributed by atoms with Crippen LogP contribution in [0.15, 0.2) is 5.38 Å². The molecule has 0 radical (unpaired) electrons. The molecule has 2 nitrogen and oxygen atoms in total. The number of alkyl halides is 4. The van der Waals surface area contributed by atoms with Crippen LogP contribution in [0, 0.1) is 0 Å². The molecule has 2 N–H and O–H groups in total. The standard InChI is InChI=1S/C7H8BrF3N2S/c8-5(7(9,10)11)6-13-4(1-2-12)3-14-6/h3,5H,1-2,12H2. The third kappa shape index (κ3) is 2.93. The molecule has 0 aliphatic heterocycles. The molecule has 0 amide bonds. The molecule has 0 aromatic carbocycles. The van der Waals surface area contributed by atoms with Crippen LogP contribution in [0.1, 0.15) is 15.5 Å². The van der Waals surface area contributed by atoms with Crippen molar-refractivity contribution >= 4 is 27.3 Å². The lowest BCUT2D eigenvalue weighted by Gasteiger charge is -2.10. The Morgan fingerprint density at radius 1 is 1.57 bits per heavy atom. The number of hydrogen-bond acceptors (Lipinski definition) is 3. The average molecular weight is 289 g/mol. The molecule has 0 saturated heterocycles. The molecule has 0 aliphatic carbocycles. The predicted molar refractivity (Wildman–Crippen MR) is 52.6 cm³/mol. The number of nitrogens with zero attached hydrogens (tertiary/aromatic N) is 1. The van der Waals surface area contributed by atoms with E-state index in [2.05, 4.69) is 20.9 Å². The third-order valence-electron chi connectivity index (χ3n) is 1.47. The van der Waals surface area contributed by atoms with Crippen molar-refractivity contribution in [2.24, 2.45) is 5.73 Å². The molecule has 80 valence electrons. The van der Waals surface area contributed by atoms with Crippen LogP contribution >= 0.6 is 27.3 Å². The third-order valence-corrected chi connectivity index (χ3v) is 3.69. The highest BCUT2D eigenvalue weighted by molar-refractivity contribution is 9.09. The second-order valence-electron chi connectivity index (χ2n) is 2.62. The van der Waals surface area contributed by atoms with Crippen LogP contribution < -0.4 is 5.73 Å². The average Bonchev–Trinajstić information content (AvgIpc) is 2.50. The van der Waals surface area contributed by atoms with Gasteiger partial charge >= 0.3 is 6.18 Å². The fourth-order valence-corrected chi connectivity index (χ4v) is 2.12. The Labute approximate surface area is 91.5 Å². The molecular formula is C7H8BrF3N2S. The normalized spacial score (nSPS) is 14.4. The summed E-state index contributed by atoms with van der Waals surface area (Å²) in [7, 11) is 0. The molecule has 0 aliphatic rings. The minimum Gasteiger partial charge on any atom is -0.330 e. The molecule has 14 heavy (non-hydrogen) atoms. The van der Waals surface area contributed by atoms with Gasteiger partial charge in [0.15, 0.2) is 4.83 Å². The maximum Gasteiger partial charge on any atom is 0.407 e. The van der Waals surface area contributed by atoms with Crippen molar-refractivity contribution in [2.75, 3.05) is 6.54 Å². The molecule has 0 spiro atoms. The van der Waals surface area contributed by atoms with E-state index < -0.39 is 11.0 Å². The van der Waals surface area contributed by atoms with E-state index in [4.69, 9.17) is 5.73 Å². The smallest absolute Gasteiger partial charge is 0.330 e. The number of halogens is 4. The van der Waals surface area contributed by atoms with Crippen molar-refractivity contribution < 1.29 is 13.2 Å². The van der Waals surface area contributed by atoms with Gasteiger partial charge in [-0.3, -0.25) is 0 Å². The van der Waals surface area contributed by atoms with Gasteiger partial charge in [0, 0.05) is 11.8 Å². The van der Waals surface area contributed by atoms with Crippen molar-refractivity contribution in [1.29, 1.82) is 0 Å². The van der Waals surface area contributed by atoms with Gasteiger partial charge in [-0.1, -0.05) is 15.9 Å². The highest BCUT2D eigenvalue weighted by Gasteiger charge is 2.40. The molecule has 0 fully saturated rings. The topological polar surface area (TPSA) is 38.9 Å². The van der Waals surface area contributed by atoms with E-state index in [1.807, 2.05) is 0 Å². The van der Waals surface area contributed by atoms with Crippen LogP contribution in [0.3, 0.4) is 0 Å². The Hall–Kier alpha value is -0.140. The maximum atomic E-state index is 12.2. The summed E-state index contributed by atoms with van der Waals surface area (Å²) in [4.78, 5) is 2.16. The lowest BCUT2D eigenvalue weighted by atomic mass is 10.3. The van der Waals surface area contributed by atoms with Crippen LogP contribution in [0.25, 0.3) is 0 Å². The first-order valence-corrected chi connectivity index (χ1v) is 5.60. The van der Waals surface area contributed by atoms with Crippen molar-refractivity contribution in [2.45, 2.75) is 17.4 Å². The zero-order chi connectivity index (χ0) is 10.8. The molecule has 0 saturated carbocycles. The molecule has 1 aromatic rings. The summed E-state index contributed by atoms with van der Waals surface area (Å²) in [5.41, 5.74) is 5.87. The van der Waals surface area contributed by atoms with Crippen LogP contribution in [-0.4, -0.2) is 17.7 Å². The molecule has 1 heterocycles. The number of thiazole rings is 1. The van der Waals surface area contributed by atoms with Crippen LogP contribution in [0.5, 0.6) is 0 Å². The van der Waals surface area contributed by atoms with Crippen LogP contribution in [0.2, 0.25) is 0 Å². The number of rotatable bonds is 3. The highest BCUT2D eigenvalue weighted by atomic mass is 79.9. The van der Waals surface area contributed by atoms with Crippen molar-refractivity contribution in [1.82, 2.24) is 4.98 Å². The van der Waals surface area contributed by atoms with Gasteiger partial charge in [-0.15, -0.1) is 11.3 Å². The van der Waals surface area contributed by atoms with Crippen molar-refractivity contribution in [3.63, 3.8) is 0 Å². The van der Waals surface area contributed by atoms with Crippen molar-refractivity contribution in [3.8, 4) is 0 Å². The summed E-state index contributed by atoms with van der Waals surface area (Å²) < 4.78 is 36.7. The number of hydrogen-bond donors (Lipinski definition) is 1. The Morgan fingerprint density at radius 2 is 2.21 bits per heavy atom. The minimum atomic E-state index is -4.29. The quantitative estimate of drug-likeness (QED) is 0.869. The second kappa shape index (κ2) is 4.59. The Morgan fingerprint density at radius 3 is 2.71 bits per heavy atom.